The normalized spacial score (nSPS) is 14.5. The lowest BCUT2D eigenvalue weighted by molar-refractivity contribution is -0.274. The molecule has 2 N–H and O–H groups in total. The summed E-state index contributed by atoms with van der Waals surface area (Å²) in [5.74, 6) is -1.80. The number of aromatic nitrogens is 5. The second-order valence-corrected chi connectivity index (χ2v) is 7.40. The number of aromatic carboxylic acids is 1. The van der Waals surface area contributed by atoms with Crippen LogP contribution in [0.3, 0.4) is 0 Å². The van der Waals surface area contributed by atoms with Crippen LogP contribution in [0.1, 0.15) is 64.0 Å². The van der Waals surface area contributed by atoms with E-state index in [0.717, 1.165) is 25.1 Å². The molecule has 33 heavy (non-hydrogen) atoms. The van der Waals surface area contributed by atoms with Gasteiger partial charge in [0, 0.05) is 5.56 Å². The summed E-state index contributed by atoms with van der Waals surface area (Å²) in [5, 5.41) is 15.6. The fraction of sp³-hybridized carbons (Fsp3) is 0.300. The summed E-state index contributed by atoms with van der Waals surface area (Å²) in [7, 11) is 0. The Bertz CT molecular complexity index is 1190. The van der Waals surface area contributed by atoms with Gasteiger partial charge >= 0.3 is 12.3 Å². The van der Waals surface area contributed by atoms with Crippen LogP contribution in [0.25, 0.3) is 5.82 Å². The number of nitrogens with one attached hydrogen (secondary N) is 1. The van der Waals surface area contributed by atoms with Crippen molar-refractivity contribution in [2.45, 2.75) is 38.1 Å². The third kappa shape index (κ3) is 5.25. The Morgan fingerprint density at radius 2 is 1.94 bits per heavy atom. The van der Waals surface area contributed by atoms with E-state index in [2.05, 4.69) is 30.1 Å². The molecule has 0 radical (unpaired) electrons. The highest BCUT2D eigenvalue weighted by atomic mass is 19.4. The van der Waals surface area contributed by atoms with Gasteiger partial charge in [0.1, 0.15) is 12.1 Å². The molecule has 10 nitrogen and oxygen atoms in total. The van der Waals surface area contributed by atoms with E-state index in [1.54, 1.807) is 13.0 Å². The van der Waals surface area contributed by atoms with Gasteiger partial charge < -0.3 is 15.2 Å². The zero-order chi connectivity index (χ0) is 23.8. The van der Waals surface area contributed by atoms with Crippen LogP contribution in [-0.4, -0.2) is 48.1 Å². The maximum Gasteiger partial charge on any atom is 0.573 e. The molecule has 2 heterocycles. The first-order chi connectivity index (χ1) is 15.6. The molecular weight excluding hydrogens is 445 g/mol. The Hall–Kier alpha value is -4.03. The van der Waals surface area contributed by atoms with E-state index in [9.17, 15) is 22.8 Å². The summed E-state index contributed by atoms with van der Waals surface area (Å²) in [4.78, 5) is 35.6. The first kappa shape index (κ1) is 22.2. The minimum atomic E-state index is -4.88. The second-order valence-electron chi connectivity index (χ2n) is 7.40. The van der Waals surface area contributed by atoms with Crippen LogP contribution < -0.4 is 10.1 Å². The van der Waals surface area contributed by atoms with Crippen molar-refractivity contribution < 1.29 is 32.6 Å². The first-order valence-corrected chi connectivity index (χ1v) is 9.78. The molecule has 3 aromatic rings. The molecule has 0 bridgehead atoms. The SMILES string of the molecule is CC(NC(=O)c1cc(OC(F)(F)F)cc(C2CC2)c1)c1ncnn1-c1cnc(C(=O)O)cn1. The van der Waals surface area contributed by atoms with Crippen LogP contribution in [-0.2, 0) is 0 Å². The lowest BCUT2D eigenvalue weighted by atomic mass is 10.1. The van der Waals surface area contributed by atoms with Crippen molar-refractivity contribution in [3.63, 3.8) is 0 Å². The smallest absolute Gasteiger partial charge is 0.476 e. The van der Waals surface area contributed by atoms with Gasteiger partial charge in [-0.2, -0.15) is 9.78 Å². The summed E-state index contributed by atoms with van der Waals surface area (Å²) < 4.78 is 43.4. The first-order valence-electron chi connectivity index (χ1n) is 9.78. The Morgan fingerprint density at radius 3 is 2.55 bits per heavy atom. The molecule has 0 aliphatic heterocycles. The van der Waals surface area contributed by atoms with Crippen molar-refractivity contribution >= 4 is 11.9 Å². The molecule has 0 spiro atoms. The van der Waals surface area contributed by atoms with E-state index in [4.69, 9.17) is 5.11 Å². The number of amides is 1. The number of halogens is 3. The molecule has 1 unspecified atom stereocenters. The number of benzene rings is 1. The summed E-state index contributed by atoms with van der Waals surface area (Å²) in [6, 6.07) is 3.14. The summed E-state index contributed by atoms with van der Waals surface area (Å²) in [5.41, 5.74) is 0.364. The zero-order valence-corrected chi connectivity index (χ0v) is 17.1. The predicted octanol–water partition coefficient (Wildman–Crippen LogP) is 3.02. The van der Waals surface area contributed by atoms with Gasteiger partial charge in [-0.1, -0.05) is 0 Å². The largest absolute Gasteiger partial charge is 0.573 e. The molecule has 1 atom stereocenters. The van der Waals surface area contributed by atoms with Gasteiger partial charge in [-0.05, 0) is 49.4 Å². The van der Waals surface area contributed by atoms with Gasteiger partial charge in [0.25, 0.3) is 5.91 Å². The van der Waals surface area contributed by atoms with Crippen molar-refractivity contribution in [2.24, 2.45) is 0 Å². The van der Waals surface area contributed by atoms with Crippen LogP contribution in [0, 0.1) is 0 Å². The molecule has 2 aromatic heterocycles. The maximum absolute atomic E-state index is 12.8. The second kappa shape index (κ2) is 8.48. The van der Waals surface area contributed by atoms with Crippen LogP contribution in [0.2, 0.25) is 0 Å². The molecule has 4 rings (SSSR count). The van der Waals surface area contributed by atoms with E-state index in [0.29, 0.717) is 5.56 Å². The van der Waals surface area contributed by atoms with Gasteiger partial charge in [0.05, 0.1) is 18.4 Å². The molecule has 1 aliphatic carbocycles. The summed E-state index contributed by atoms with van der Waals surface area (Å²) in [6.07, 6.45) is 0.244. The number of nitrogens with zero attached hydrogens (tertiary/aromatic N) is 5. The highest BCUT2D eigenvalue weighted by Gasteiger charge is 2.33. The minimum absolute atomic E-state index is 0.0159. The van der Waals surface area contributed by atoms with Gasteiger partial charge in [-0.15, -0.1) is 13.2 Å². The molecule has 13 heteroatoms. The van der Waals surface area contributed by atoms with Crippen molar-refractivity contribution in [2.75, 3.05) is 0 Å². The van der Waals surface area contributed by atoms with Crippen LogP contribution in [0.5, 0.6) is 5.75 Å². The molecule has 1 fully saturated rings. The fourth-order valence-corrected chi connectivity index (χ4v) is 3.21. The quantitative estimate of drug-likeness (QED) is 0.548. The number of carboxylic acids is 1. The summed E-state index contributed by atoms with van der Waals surface area (Å²) >= 11 is 0. The number of carbonyl (C=O) groups excluding carboxylic acids is 1. The number of carbonyl (C=O) groups is 2. The number of ether oxygens (including phenoxy) is 1. The van der Waals surface area contributed by atoms with Crippen molar-refractivity contribution in [1.82, 2.24) is 30.0 Å². The number of hydrogen-bond acceptors (Lipinski definition) is 7. The number of alkyl halides is 3. The van der Waals surface area contributed by atoms with Crippen LogP contribution in [0.4, 0.5) is 13.2 Å². The van der Waals surface area contributed by atoms with E-state index < -0.39 is 30.0 Å². The van der Waals surface area contributed by atoms with Crippen LogP contribution in [0.15, 0.2) is 36.9 Å². The highest BCUT2D eigenvalue weighted by molar-refractivity contribution is 5.95. The standard InChI is InChI=1S/C20H17F3N6O4/c1-10(17-26-9-27-29(17)16-8-24-15(7-25-16)19(31)32)28-18(30)13-4-12(11-2-3-11)5-14(6-13)33-20(21,22)23/h4-11H,2-3H2,1H3,(H,28,30)(H,31,32). The Balaban J connectivity index is 1.55. The Labute approximate surface area is 184 Å². The van der Waals surface area contributed by atoms with E-state index >= 15 is 0 Å². The molecule has 0 saturated heterocycles. The third-order valence-corrected chi connectivity index (χ3v) is 4.86. The van der Waals surface area contributed by atoms with Crippen molar-refractivity contribution in [3.8, 4) is 11.6 Å². The van der Waals surface area contributed by atoms with E-state index in [-0.39, 0.29) is 28.8 Å². The molecular formula is C20H17F3N6O4. The Morgan fingerprint density at radius 1 is 1.18 bits per heavy atom. The lowest BCUT2D eigenvalue weighted by Gasteiger charge is -2.16. The number of hydrogen-bond donors (Lipinski definition) is 2. The molecule has 1 amide bonds. The monoisotopic (exact) mass is 462 g/mol. The van der Waals surface area contributed by atoms with Gasteiger partial charge in [0.2, 0.25) is 0 Å². The lowest BCUT2D eigenvalue weighted by Crippen LogP contribution is -2.29. The average Bonchev–Trinajstić information content (AvgIpc) is 3.48. The fourth-order valence-electron chi connectivity index (χ4n) is 3.21. The zero-order valence-electron chi connectivity index (χ0n) is 17.1. The molecule has 1 aromatic carbocycles. The number of rotatable bonds is 7. The van der Waals surface area contributed by atoms with Crippen molar-refractivity contribution in [1.29, 1.82) is 0 Å². The van der Waals surface area contributed by atoms with Gasteiger partial charge in [-0.25, -0.2) is 19.7 Å². The topological polar surface area (TPSA) is 132 Å². The van der Waals surface area contributed by atoms with Crippen molar-refractivity contribution in [3.05, 3.63) is 59.6 Å². The predicted molar refractivity (Wildman–Crippen MR) is 105 cm³/mol. The number of carboxylic acid groups (broad SMARTS) is 1. The van der Waals surface area contributed by atoms with E-state index in [1.807, 2.05) is 0 Å². The molecule has 1 aliphatic rings. The molecule has 172 valence electrons. The highest BCUT2D eigenvalue weighted by Crippen LogP contribution is 2.42. The maximum atomic E-state index is 12.8. The minimum Gasteiger partial charge on any atom is -0.476 e. The average molecular weight is 462 g/mol. The van der Waals surface area contributed by atoms with Gasteiger partial charge in [0.15, 0.2) is 17.3 Å². The molecule has 1 saturated carbocycles. The van der Waals surface area contributed by atoms with Crippen LogP contribution >= 0.6 is 0 Å². The third-order valence-electron chi connectivity index (χ3n) is 4.86. The Kier molecular flexibility index (Phi) is 5.70. The van der Waals surface area contributed by atoms with Gasteiger partial charge in [-0.3, -0.25) is 4.79 Å². The van der Waals surface area contributed by atoms with E-state index in [1.165, 1.54) is 23.3 Å². The summed E-state index contributed by atoms with van der Waals surface area (Å²) in [6.45, 7) is 1.61.